The molecule has 0 aliphatic rings. The maximum absolute atomic E-state index is 11.0. The van der Waals surface area contributed by atoms with Gasteiger partial charge < -0.3 is 9.15 Å². The van der Waals surface area contributed by atoms with Gasteiger partial charge in [-0.25, -0.2) is 4.98 Å². The first kappa shape index (κ1) is 14.6. The van der Waals surface area contributed by atoms with Gasteiger partial charge in [-0.3, -0.25) is 10.1 Å². The molecule has 0 aliphatic heterocycles. The van der Waals surface area contributed by atoms with Crippen LogP contribution in [0.2, 0.25) is 5.02 Å². The van der Waals surface area contributed by atoms with Crippen LogP contribution in [-0.4, -0.2) is 9.91 Å². The minimum absolute atomic E-state index is 0.0668. The van der Waals surface area contributed by atoms with Crippen LogP contribution in [0.1, 0.15) is 5.69 Å². The number of rotatable bonds is 5. The summed E-state index contributed by atoms with van der Waals surface area (Å²) in [5, 5.41) is 13.2. The molecule has 6 nitrogen and oxygen atoms in total. The van der Waals surface area contributed by atoms with Gasteiger partial charge in [0, 0.05) is 11.1 Å². The van der Waals surface area contributed by atoms with E-state index in [1.165, 1.54) is 35.8 Å². The normalized spacial score (nSPS) is 10.6. The maximum atomic E-state index is 11.0. The fourth-order valence-corrected chi connectivity index (χ4v) is 2.62. The van der Waals surface area contributed by atoms with E-state index in [4.69, 9.17) is 20.8 Å². The van der Waals surface area contributed by atoms with Gasteiger partial charge in [0.2, 0.25) is 5.89 Å². The Hall–Kier alpha value is -2.38. The van der Waals surface area contributed by atoms with Crippen molar-refractivity contribution < 1.29 is 14.1 Å². The van der Waals surface area contributed by atoms with Crippen LogP contribution in [0.25, 0.3) is 10.8 Å². The van der Waals surface area contributed by atoms with E-state index in [1.54, 1.807) is 0 Å². The van der Waals surface area contributed by atoms with Crippen molar-refractivity contribution in [1.82, 2.24) is 4.98 Å². The number of benzene rings is 1. The highest BCUT2D eigenvalue weighted by molar-refractivity contribution is 7.13. The maximum Gasteiger partial charge on any atom is 0.312 e. The van der Waals surface area contributed by atoms with Gasteiger partial charge in [0.15, 0.2) is 5.75 Å². The second-order valence-corrected chi connectivity index (χ2v) is 5.66. The summed E-state index contributed by atoms with van der Waals surface area (Å²) in [5.41, 5.74) is 0.363. The van der Waals surface area contributed by atoms with Crippen molar-refractivity contribution in [3.05, 3.63) is 62.8 Å². The highest BCUT2D eigenvalue weighted by Gasteiger charge is 2.16. The monoisotopic (exact) mass is 336 g/mol. The molecule has 0 unspecified atom stereocenters. The number of nitrogens with zero attached hydrogens (tertiary/aromatic N) is 2. The summed E-state index contributed by atoms with van der Waals surface area (Å²) < 4.78 is 10.8. The first-order valence-electron chi connectivity index (χ1n) is 6.18. The lowest BCUT2D eigenvalue weighted by Crippen LogP contribution is -1.99. The molecule has 22 heavy (non-hydrogen) atoms. The molecule has 3 aromatic rings. The second-order valence-electron chi connectivity index (χ2n) is 4.28. The van der Waals surface area contributed by atoms with Crippen molar-refractivity contribution in [3.8, 4) is 16.5 Å². The third kappa shape index (κ3) is 3.10. The molecule has 0 atom stereocenters. The van der Waals surface area contributed by atoms with E-state index >= 15 is 0 Å². The van der Waals surface area contributed by atoms with Crippen molar-refractivity contribution in [2.75, 3.05) is 0 Å². The van der Waals surface area contributed by atoms with Crippen LogP contribution in [0, 0.1) is 10.1 Å². The zero-order valence-electron chi connectivity index (χ0n) is 11.1. The Morgan fingerprint density at radius 2 is 2.27 bits per heavy atom. The molecule has 0 N–H and O–H groups in total. The Morgan fingerprint density at radius 3 is 3.00 bits per heavy atom. The number of oxazole rings is 1. The van der Waals surface area contributed by atoms with Crippen LogP contribution in [0.3, 0.4) is 0 Å². The third-order valence-corrected chi connectivity index (χ3v) is 3.87. The molecule has 0 saturated carbocycles. The molecule has 2 aromatic heterocycles. The molecule has 0 bridgehead atoms. The van der Waals surface area contributed by atoms with Crippen LogP contribution < -0.4 is 4.74 Å². The molecule has 0 aliphatic carbocycles. The molecule has 0 amide bonds. The zero-order chi connectivity index (χ0) is 15.5. The van der Waals surface area contributed by atoms with E-state index in [9.17, 15) is 10.1 Å². The molecule has 0 fully saturated rings. The van der Waals surface area contributed by atoms with Gasteiger partial charge in [-0.2, -0.15) is 0 Å². The van der Waals surface area contributed by atoms with Gasteiger partial charge in [-0.1, -0.05) is 17.7 Å². The van der Waals surface area contributed by atoms with Gasteiger partial charge >= 0.3 is 5.69 Å². The molecule has 0 spiro atoms. The quantitative estimate of drug-likeness (QED) is 0.504. The van der Waals surface area contributed by atoms with E-state index in [-0.39, 0.29) is 23.1 Å². The average molecular weight is 337 g/mol. The Balaban J connectivity index is 1.74. The van der Waals surface area contributed by atoms with Gasteiger partial charge in [0.1, 0.15) is 18.6 Å². The average Bonchev–Trinajstić information content (AvgIpc) is 3.16. The Morgan fingerprint density at radius 1 is 1.41 bits per heavy atom. The van der Waals surface area contributed by atoms with E-state index in [0.717, 1.165) is 4.88 Å². The van der Waals surface area contributed by atoms with Crippen LogP contribution in [0.15, 0.2) is 46.4 Å². The van der Waals surface area contributed by atoms with Crippen LogP contribution in [0.5, 0.6) is 5.75 Å². The van der Waals surface area contributed by atoms with E-state index < -0.39 is 4.92 Å². The van der Waals surface area contributed by atoms with Gasteiger partial charge in [0.05, 0.1) is 9.80 Å². The summed E-state index contributed by atoms with van der Waals surface area (Å²) >= 11 is 7.26. The van der Waals surface area contributed by atoms with Crippen LogP contribution >= 0.6 is 22.9 Å². The third-order valence-electron chi connectivity index (χ3n) is 2.78. The standard InChI is InChI=1S/C14H9ClN2O4S/c15-9-3-4-12(11(6-9)17(18)19)20-7-10-8-21-14(16-10)13-2-1-5-22-13/h1-6,8H,7H2. The Bertz CT molecular complexity index is 801. The van der Waals surface area contributed by atoms with E-state index in [0.29, 0.717) is 11.6 Å². The van der Waals surface area contributed by atoms with Gasteiger partial charge in [-0.05, 0) is 23.6 Å². The lowest BCUT2D eigenvalue weighted by Gasteiger charge is -2.04. The molecule has 3 rings (SSSR count). The Kier molecular flexibility index (Phi) is 4.08. The predicted molar refractivity (Wildman–Crippen MR) is 82.3 cm³/mol. The first-order chi connectivity index (χ1) is 10.6. The summed E-state index contributed by atoms with van der Waals surface area (Å²) in [6.45, 7) is 0.0668. The van der Waals surface area contributed by atoms with Crippen molar-refractivity contribution in [2.24, 2.45) is 0 Å². The number of halogens is 1. The van der Waals surface area contributed by atoms with Crippen molar-refractivity contribution >= 4 is 28.6 Å². The van der Waals surface area contributed by atoms with Crippen molar-refractivity contribution in [1.29, 1.82) is 0 Å². The highest BCUT2D eigenvalue weighted by atomic mass is 35.5. The Labute approximate surface area is 134 Å². The molecule has 112 valence electrons. The number of aromatic nitrogens is 1. The molecule has 0 saturated heterocycles. The number of hydrogen-bond acceptors (Lipinski definition) is 6. The molecule has 1 aromatic carbocycles. The fourth-order valence-electron chi connectivity index (χ4n) is 1.79. The second kappa shape index (κ2) is 6.17. The van der Waals surface area contributed by atoms with Crippen LogP contribution in [0.4, 0.5) is 5.69 Å². The lowest BCUT2D eigenvalue weighted by molar-refractivity contribution is -0.385. The van der Waals surface area contributed by atoms with E-state index in [1.807, 2.05) is 17.5 Å². The summed E-state index contributed by atoms with van der Waals surface area (Å²) in [7, 11) is 0. The molecule has 8 heteroatoms. The molecular formula is C14H9ClN2O4S. The minimum Gasteiger partial charge on any atom is -0.480 e. The highest BCUT2D eigenvalue weighted by Crippen LogP contribution is 2.31. The first-order valence-corrected chi connectivity index (χ1v) is 7.44. The minimum atomic E-state index is -0.541. The zero-order valence-corrected chi connectivity index (χ0v) is 12.6. The molecule has 0 radical (unpaired) electrons. The SMILES string of the molecule is O=[N+]([O-])c1cc(Cl)ccc1OCc1coc(-c2cccs2)n1. The van der Waals surface area contributed by atoms with Gasteiger partial charge in [-0.15, -0.1) is 11.3 Å². The summed E-state index contributed by atoms with van der Waals surface area (Å²) in [4.78, 5) is 15.6. The fraction of sp³-hybridized carbons (Fsp3) is 0.0714. The van der Waals surface area contributed by atoms with Gasteiger partial charge in [0.25, 0.3) is 0 Å². The van der Waals surface area contributed by atoms with Crippen molar-refractivity contribution in [2.45, 2.75) is 6.61 Å². The van der Waals surface area contributed by atoms with E-state index in [2.05, 4.69) is 4.98 Å². The van der Waals surface area contributed by atoms with Crippen molar-refractivity contribution in [3.63, 3.8) is 0 Å². The number of ether oxygens (including phenoxy) is 1. The number of nitro groups is 1. The smallest absolute Gasteiger partial charge is 0.312 e. The van der Waals surface area contributed by atoms with Crippen LogP contribution in [-0.2, 0) is 6.61 Å². The number of hydrogen-bond donors (Lipinski definition) is 0. The topological polar surface area (TPSA) is 78.4 Å². The summed E-state index contributed by atoms with van der Waals surface area (Å²) in [6.07, 6.45) is 1.47. The summed E-state index contributed by atoms with van der Waals surface area (Å²) in [6, 6.07) is 8.03. The summed E-state index contributed by atoms with van der Waals surface area (Å²) in [5.74, 6) is 0.634. The molecular weight excluding hydrogens is 328 g/mol. The number of nitro benzene ring substituents is 1. The molecule has 2 heterocycles. The lowest BCUT2D eigenvalue weighted by atomic mass is 10.3. The number of thiophene rings is 1. The largest absolute Gasteiger partial charge is 0.480 e. The predicted octanol–water partition coefficient (Wildman–Crippen LogP) is 4.54.